The van der Waals surface area contributed by atoms with Gasteiger partial charge in [-0.05, 0) is 61.6 Å². The maximum Gasteiger partial charge on any atom is 0.261 e. The van der Waals surface area contributed by atoms with Crippen molar-refractivity contribution in [1.29, 1.82) is 0 Å². The molecular formula is C25H31ClN2O3. The van der Waals surface area contributed by atoms with E-state index in [0.29, 0.717) is 23.7 Å². The third kappa shape index (κ3) is 6.73. The number of carbonyl (C=O) groups is 2. The van der Waals surface area contributed by atoms with Crippen LogP contribution in [0.4, 0.5) is 0 Å². The van der Waals surface area contributed by atoms with Gasteiger partial charge < -0.3 is 15.0 Å². The fraction of sp³-hybridized carbons (Fsp3) is 0.440. The lowest BCUT2D eigenvalue weighted by Gasteiger charge is -2.31. The quantitative estimate of drug-likeness (QED) is 0.601. The zero-order chi connectivity index (χ0) is 22.2. The summed E-state index contributed by atoms with van der Waals surface area (Å²) < 4.78 is 5.75. The molecule has 0 radical (unpaired) electrons. The lowest BCUT2D eigenvalue weighted by atomic mass is 10.1. The number of nitrogens with zero attached hydrogens (tertiary/aromatic N) is 1. The molecule has 1 saturated carbocycles. The molecule has 0 saturated heterocycles. The van der Waals surface area contributed by atoms with Gasteiger partial charge in [0, 0.05) is 17.6 Å². The number of aryl methyl sites for hydroxylation is 1. The molecule has 0 heterocycles. The van der Waals surface area contributed by atoms with Crippen molar-refractivity contribution >= 4 is 23.4 Å². The molecule has 3 rings (SSSR count). The lowest BCUT2D eigenvalue weighted by Crippen LogP contribution is -2.52. The number of hydrogen-bond donors (Lipinski definition) is 1. The van der Waals surface area contributed by atoms with Crippen LogP contribution in [0.5, 0.6) is 5.75 Å². The van der Waals surface area contributed by atoms with Gasteiger partial charge >= 0.3 is 0 Å². The summed E-state index contributed by atoms with van der Waals surface area (Å²) in [6.45, 7) is 4.11. The van der Waals surface area contributed by atoms with E-state index in [1.54, 1.807) is 17.0 Å². The fourth-order valence-electron chi connectivity index (χ4n) is 4.01. The van der Waals surface area contributed by atoms with Crippen LogP contribution in [-0.4, -0.2) is 35.4 Å². The zero-order valence-electron chi connectivity index (χ0n) is 18.3. The summed E-state index contributed by atoms with van der Waals surface area (Å²) in [5, 5.41) is 3.78. The molecule has 0 aromatic heterocycles. The summed E-state index contributed by atoms with van der Waals surface area (Å²) in [5.41, 5.74) is 1.98. The minimum absolute atomic E-state index is 0.0905. The Kier molecular flexibility index (Phi) is 8.35. The topological polar surface area (TPSA) is 58.6 Å². The van der Waals surface area contributed by atoms with Gasteiger partial charge in [-0.2, -0.15) is 0 Å². The molecule has 1 atom stereocenters. The minimum atomic E-state index is -0.551. The number of nitrogens with one attached hydrogen (secondary N) is 1. The van der Waals surface area contributed by atoms with Gasteiger partial charge in [0.2, 0.25) is 5.91 Å². The number of hydrogen-bond acceptors (Lipinski definition) is 3. The maximum atomic E-state index is 13.2. The summed E-state index contributed by atoms with van der Waals surface area (Å²) in [6.07, 6.45) is 4.81. The van der Waals surface area contributed by atoms with Gasteiger partial charge in [0.05, 0.1) is 0 Å². The fourth-order valence-corrected chi connectivity index (χ4v) is 4.13. The Bertz CT molecular complexity index is 879. The molecule has 0 aliphatic heterocycles. The number of benzene rings is 2. The Morgan fingerprint density at radius 1 is 1.16 bits per heavy atom. The molecule has 166 valence electrons. The average molecular weight is 443 g/mol. The van der Waals surface area contributed by atoms with E-state index >= 15 is 0 Å². The molecular weight excluding hydrogens is 412 g/mol. The van der Waals surface area contributed by atoms with Gasteiger partial charge in [0.15, 0.2) is 6.61 Å². The minimum Gasteiger partial charge on any atom is -0.484 e. The van der Waals surface area contributed by atoms with Crippen molar-refractivity contribution in [3.63, 3.8) is 0 Å². The first-order valence-corrected chi connectivity index (χ1v) is 11.4. The molecule has 1 fully saturated rings. The van der Waals surface area contributed by atoms with Crippen LogP contribution in [0.1, 0.15) is 50.2 Å². The predicted octanol–water partition coefficient (Wildman–Crippen LogP) is 4.89. The van der Waals surface area contributed by atoms with E-state index in [1.165, 1.54) is 0 Å². The van der Waals surface area contributed by atoms with Crippen LogP contribution in [0.15, 0.2) is 48.5 Å². The first-order chi connectivity index (χ1) is 15.0. The van der Waals surface area contributed by atoms with E-state index in [2.05, 4.69) is 5.32 Å². The second-order valence-electron chi connectivity index (χ2n) is 8.17. The Hall–Kier alpha value is -2.53. The molecule has 2 aromatic carbocycles. The Labute approximate surface area is 189 Å². The SMILES string of the molecule is CC[C@H](C(=O)NC1CCCC1)N(Cc1ccc(Cl)cc1)C(=O)COc1cccc(C)c1. The van der Waals surface area contributed by atoms with Crippen molar-refractivity contribution in [2.24, 2.45) is 0 Å². The van der Waals surface area contributed by atoms with Crippen molar-refractivity contribution < 1.29 is 14.3 Å². The summed E-state index contributed by atoms with van der Waals surface area (Å²) in [7, 11) is 0. The highest BCUT2D eigenvalue weighted by Gasteiger charge is 2.30. The Morgan fingerprint density at radius 3 is 2.52 bits per heavy atom. The summed E-state index contributed by atoms with van der Waals surface area (Å²) >= 11 is 6.01. The van der Waals surface area contributed by atoms with E-state index in [1.807, 2.05) is 50.2 Å². The lowest BCUT2D eigenvalue weighted by molar-refractivity contribution is -0.143. The summed E-state index contributed by atoms with van der Waals surface area (Å²) in [6, 6.07) is 14.6. The van der Waals surface area contributed by atoms with E-state index in [0.717, 1.165) is 36.8 Å². The normalized spacial score (nSPS) is 14.8. The number of halogens is 1. The average Bonchev–Trinajstić information content (AvgIpc) is 3.26. The predicted molar refractivity (Wildman–Crippen MR) is 123 cm³/mol. The van der Waals surface area contributed by atoms with E-state index < -0.39 is 6.04 Å². The maximum absolute atomic E-state index is 13.2. The van der Waals surface area contributed by atoms with Crippen molar-refractivity contribution in [3.8, 4) is 5.75 Å². The van der Waals surface area contributed by atoms with Crippen molar-refractivity contribution in [1.82, 2.24) is 10.2 Å². The molecule has 5 nitrogen and oxygen atoms in total. The third-order valence-electron chi connectivity index (χ3n) is 5.71. The van der Waals surface area contributed by atoms with E-state index in [-0.39, 0.29) is 24.5 Å². The van der Waals surface area contributed by atoms with Gasteiger partial charge in [-0.25, -0.2) is 0 Å². The second-order valence-corrected chi connectivity index (χ2v) is 8.60. The van der Waals surface area contributed by atoms with E-state index in [4.69, 9.17) is 16.3 Å². The van der Waals surface area contributed by atoms with Crippen LogP contribution in [-0.2, 0) is 16.1 Å². The molecule has 2 amide bonds. The standard InChI is InChI=1S/C25H31ClN2O3/c1-3-23(25(30)27-21-8-4-5-9-21)28(16-19-11-13-20(26)14-12-19)24(29)17-31-22-10-6-7-18(2)15-22/h6-7,10-15,21,23H,3-5,8-9,16-17H2,1-2H3,(H,27,30)/t23-/m1/s1. The molecule has 1 aliphatic rings. The molecule has 0 bridgehead atoms. The number of carbonyl (C=O) groups excluding carboxylic acids is 2. The number of rotatable bonds is 9. The number of amides is 2. The molecule has 6 heteroatoms. The van der Waals surface area contributed by atoms with Crippen LogP contribution in [0.2, 0.25) is 5.02 Å². The van der Waals surface area contributed by atoms with Crippen LogP contribution < -0.4 is 10.1 Å². The smallest absolute Gasteiger partial charge is 0.261 e. The van der Waals surface area contributed by atoms with Gasteiger partial charge in [0.25, 0.3) is 5.91 Å². The Balaban J connectivity index is 1.75. The van der Waals surface area contributed by atoms with Gasteiger partial charge in [-0.1, -0.05) is 55.6 Å². The second kappa shape index (κ2) is 11.2. The number of ether oxygens (including phenoxy) is 1. The third-order valence-corrected chi connectivity index (χ3v) is 5.96. The molecule has 1 N–H and O–H groups in total. The van der Waals surface area contributed by atoms with Crippen LogP contribution in [0.25, 0.3) is 0 Å². The highest BCUT2D eigenvalue weighted by Crippen LogP contribution is 2.20. The molecule has 2 aromatic rings. The monoisotopic (exact) mass is 442 g/mol. The van der Waals surface area contributed by atoms with Crippen LogP contribution >= 0.6 is 11.6 Å². The van der Waals surface area contributed by atoms with Gasteiger partial charge in [-0.3, -0.25) is 9.59 Å². The van der Waals surface area contributed by atoms with Crippen LogP contribution in [0.3, 0.4) is 0 Å². The van der Waals surface area contributed by atoms with E-state index in [9.17, 15) is 9.59 Å². The summed E-state index contributed by atoms with van der Waals surface area (Å²) in [5.74, 6) is 0.334. The summed E-state index contributed by atoms with van der Waals surface area (Å²) in [4.78, 5) is 27.9. The van der Waals surface area contributed by atoms with Crippen molar-refractivity contribution in [3.05, 3.63) is 64.7 Å². The highest BCUT2D eigenvalue weighted by molar-refractivity contribution is 6.30. The zero-order valence-corrected chi connectivity index (χ0v) is 19.0. The Morgan fingerprint density at radius 2 is 1.87 bits per heavy atom. The highest BCUT2D eigenvalue weighted by atomic mass is 35.5. The van der Waals surface area contributed by atoms with Crippen LogP contribution in [0, 0.1) is 6.92 Å². The first-order valence-electron chi connectivity index (χ1n) is 11.0. The van der Waals surface area contributed by atoms with Gasteiger partial charge in [0.1, 0.15) is 11.8 Å². The van der Waals surface area contributed by atoms with Crippen molar-refractivity contribution in [2.45, 2.75) is 64.6 Å². The molecule has 0 unspecified atom stereocenters. The largest absolute Gasteiger partial charge is 0.484 e. The van der Waals surface area contributed by atoms with Gasteiger partial charge in [-0.15, -0.1) is 0 Å². The molecule has 0 spiro atoms. The first kappa shape index (κ1) is 23.1. The molecule has 31 heavy (non-hydrogen) atoms. The van der Waals surface area contributed by atoms with Crippen molar-refractivity contribution in [2.75, 3.05) is 6.61 Å². The molecule has 1 aliphatic carbocycles.